The molecule has 4 rings (SSSR count). The van der Waals surface area contributed by atoms with E-state index in [9.17, 15) is 4.79 Å². The van der Waals surface area contributed by atoms with Crippen molar-refractivity contribution in [1.82, 2.24) is 14.7 Å². The molecule has 1 fully saturated rings. The highest BCUT2D eigenvalue weighted by Crippen LogP contribution is 2.39. The van der Waals surface area contributed by atoms with Crippen LogP contribution >= 0.6 is 15.9 Å². The summed E-state index contributed by atoms with van der Waals surface area (Å²) in [6.45, 7) is 11.2. The number of rotatable bonds is 6. The molecular formula is C26H33BrN4O4. The zero-order chi connectivity index (χ0) is 25.3. The first-order valence-corrected chi connectivity index (χ1v) is 12.6. The van der Waals surface area contributed by atoms with Gasteiger partial charge in [0.05, 0.1) is 29.4 Å². The number of nitrogens with zero attached hydrogens (tertiary/aromatic N) is 3. The van der Waals surface area contributed by atoms with Crippen LogP contribution in [0.2, 0.25) is 0 Å². The van der Waals surface area contributed by atoms with Crippen molar-refractivity contribution in [1.29, 1.82) is 0 Å². The van der Waals surface area contributed by atoms with Gasteiger partial charge in [-0.2, -0.15) is 0 Å². The molecule has 0 saturated carbocycles. The van der Waals surface area contributed by atoms with E-state index in [1.54, 1.807) is 7.11 Å². The Morgan fingerprint density at radius 2 is 2.00 bits per heavy atom. The lowest BCUT2D eigenvalue weighted by atomic mass is 10.1. The summed E-state index contributed by atoms with van der Waals surface area (Å²) in [6.07, 6.45) is 4.51. The van der Waals surface area contributed by atoms with E-state index in [0.717, 1.165) is 52.3 Å². The van der Waals surface area contributed by atoms with Gasteiger partial charge in [0.1, 0.15) is 22.7 Å². The molecule has 1 N–H and O–H groups in total. The van der Waals surface area contributed by atoms with Crippen molar-refractivity contribution >= 4 is 33.4 Å². The minimum Gasteiger partial charge on any atom is -0.495 e. The van der Waals surface area contributed by atoms with Gasteiger partial charge in [0.15, 0.2) is 0 Å². The molecule has 0 unspecified atom stereocenters. The summed E-state index contributed by atoms with van der Waals surface area (Å²) >= 11 is 3.58. The number of fused-ring (bicyclic) bond motifs is 1. The van der Waals surface area contributed by atoms with E-state index in [1.165, 1.54) is 0 Å². The second-order valence-corrected chi connectivity index (χ2v) is 10.9. The molecular weight excluding hydrogens is 512 g/mol. The molecule has 1 saturated heterocycles. The third kappa shape index (κ3) is 6.01. The molecule has 2 aromatic heterocycles. The third-order valence-corrected chi connectivity index (χ3v) is 6.23. The summed E-state index contributed by atoms with van der Waals surface area (Å²) in [5, 5.41) is 2.98. The van der Waals surface area contributed by atoms with Crippen LogP contribution in [0.1, 0.15) is 41.0 Å². The Hall–Kier alpha value is -2.94. The van der Waals surface area contributed by atoms with E-state index in [2.05, 4.69) is 38.3 Å². The molecule has 1 aliphatic rings. The van der Waals surface area contributed by atoms with Gasteiger partial charge in [-0.15, -0.1) is 0 Å². The number of hydrogen-bond donors (Lipinski definition) is 1. The fourth-order valence-electron chi connectivity index (χ4n) is 4.13. The van der Waals surface area contributed by atoms with Crippen LogP contribution in [0.5, 0.6) is 11.5 Å². The fraction of sp³-hybridized carbons (Fsp3) is 0.462. The number of hydrogen-bond acceptors (Lipinski definition) is 6. The first-order valence-electron chi connectivity index (χ1n) is 11.8. The van der Waals surface area contributed by atoms with E-state index in [-0.39, 0.29) is 18.2 Å². The number of ether oxygens (including phenoxy) is 3. The quantitative estimate of drug-likeness (QED) is 0.431. The minimum absolute atomic E-state index is 0.0145. The van der Waals surface area contributed by atoms with E-state index >= 15 is 0 Å². The normalized spacial score (nSPS) is 16.1. The number of anilines is 1. The predicted molar refractivity (Wildman–Crippen MR) is 141 cm³/mol. The monoisotopic (exact) mass is 544 g/mol. The number of alkyl carbamates (subject to hydrolysis) is 1. The molecule has 0 aliphatic carbocycles. The van der Waals surface area contributed by atoms with Crippen LogP contribution in [-0.4, -0.2) is 53.4 Å². The molecule has 3 aromatic rings. The standard InChI is InChI=1S/C26H33BrN4O4/c1-16(2)34-22-13-23(33-6)20(27)12-19(22)21-15-31-10-8-18(11-24(31)29-21)30-9-7-17(14-30)28-25(32)35-26(3,4)5/h8,10-13,15-17H,7,9,14H2,1-6H3,(H,28,32)/t17-/m0/s1. The van der Waals surface area contributed by atoms with E-state index < -0.39 is 5.60 Å². The van der Waals surface area contributed by atoms with Crippen molar-refractivity contribution < 1.29 is 19.0 Å². The molecule has 3 heterocycles. The van der Waals surface area contributed by atoms with Gasteiger partial charge >= 0.3 is 6.09 Å². The maximum atomic E-state index is 12.1. The van der Waals surface area contributed by atoms with Crippen molar-refractivity contribution in [2.45, 2.75) is 58.8 Å². The average molecular weight is 545 g/mol. The molecule has 1 aliphatic heterocycles. The first kappa shape index (κ1) is 25.2. The van der Waals surface area contributed by atoms with Gasteiger partial charge in [-0.05, 0) is 69.1 Å². The van der Waals surface area contributed by atoms with Gasteiger partial charge in [-0.1, -0.05) is 0 Å². The molecule has 188 valence electrons. The Kier molecular flexibility index (Phi) is 7.17. The van der Waals surface area contributed by atoms with Gasteiger partial charge in [-0.3, -0.25) is 0 Å². The van der Waals surface area contributed by atoms with E-state index in [1.807, 2.05) is 63.5 Å². The van der Waals surface area contributed by atoms with Gasteiger partial charge < -0.3 is 28.8 Å². The Morgan fingerprint density at radius 1 is 1.23 bits per heavy atom. The molecule has 1 atom stereocenters. The number of methoxy groups -OCH3 is 1. The van der Waals surface area contributed by atoms with Crippen molar-refractivity contribution in [2.24, 2.45) is 0 Å². The second-order valence-electron chi connectivity index (χ2n) is 10.0. The number of carbonyl (C=O) groups is 1. The minimum atomic E-state index is -0.509. The fourth-order valence-corrected chi connectivity index (χ4v) is 4.63. The summed E-state index contributed by atoms with van der Waals surface area (Å²) in [5.74, 6) is 1.43. The van der Waals surface area contributed by atoms with Gasteiger partial charge in [0.2, 0.25) is 0 Å². The second kappa shape index (κ2) is 9.97. The van der Waals surface area contributed by atoms with Crippen molar-refractivity contribution in [2.75, 3.05) is 25.1 Å². The molecule has 0 bridgehead atoms. The molecule has 1 amide bonds. The van der Waals surface area contributed by atoms with Crippen LogP contribution in [-0.2, 0) is 4.74 Å². The SMILES string of the molecule is COc1cc(OC(C)C)c(-c2cn3ccc(N4CC[C@H](NC(=O)OC(C)(C)C)C4)cc3n2)cc1Br. The number of imidazole rings is 1. The predicted octanol–water partition coefficient (Wildman–Crippen LogP) is 5.66. The number of nitrogens with one attached hydrogen (secondary N) is 1. The number of amides is 1. The van der Waals surface area contributed by atoms with Gasteiger partial charge in [-0.25, -0.2) is 9.78 Å². The highest BCUT2D eigenvalue weighted by molar-refractivity contribution is 9.10. The van der Waals surface area contributed by atoms with Gasteiger partial charge in [0.25, 0.3) is 0 Å². The Balaban J connectivity index is 1.55. The van der Waals surface area contributed by atoms with Crippen LogP contribution in [0.15, 0.2) is 41.1 Å². The number of benzene rings is 1. The zero-order valence-corrected chi connectivity index (χ0v) is 22.7. The molecule has 0 spiro atoms. The topological polar surface area (TPSA) is 77.3 Å². The summed E-state index contributed by atoms with van der Waals surface area (Å²) in [4.78, 5) is 19.3. The van der Waals surface area contributed by atoms with E-state index in [0.29, 0.717) is 5.75 Å². The molecule has 8 nitrogen and oxygen atoms in total. The number of aromatic nitrogens is 2. The smallest absolute Gasteiger partial charge is 0.407 e. The lowest BCUT2D eigenvalue weighted by Crippen LogP contribution is -2.40. The Labute approximate surface area is 214 Å². The lowest BCUT2D eigenvalue weighted by molar-refractivity contribution is 0.0509. The van der Waals surface area contributed by atoms with Crippen molar-refractivity contribution in [3.8, 4) is 22.8 Å². The molecule has 35 heavy (non-hydrogen) atoms. The van der Waals surface area contributed by atoms with Crippen LogP contribution < -0.4 is 19.7 Å². The summed E-state index contributed by atoms with van der Waals surface area (Å²) in [7, 11) is 1.64. The number of halogens is 1. The lowest BCUT2D eigenvalue weighted by Gasteiger charge is -2.22. The van der Waals surface area contributed by atoms with E-state index in [4.69, 9.17) is 19.2 Å². The highest BCUT2D eigenvalue weighted by atomic mass is 79.9. The summed E-state index contributed by atoms with van der Waals surface area (Å²) < 4.78 is 19.8. The van der Waals surface area contributed by atoms with Gasteiger partial charge in [0, 0.05) is 48.9 Å². The Bertz CT molecular complexity index is 1220. The molecule has 1 aromatic carbocycles. The summed E-state index contributed by atoms with van der Waals surface area (Å²) in [6, 6.07) is 8.05. The molecule has 9 heteroatoms. The maximum Gasteiger partial charge on any atom is 0.407 e. The largest absolute Gasteiger partial charge is 0.495 e. The summed E-state index contributed by atoms with van der Waals surface area (Å²) in [5.41, 5.74) is 3.10. The zero-order valence-electron chi connectivity index (χ0n) is 21.1. The van der Waals surface area contributed by atoms with Crippen LogP contribution in [0.3, 0.4) is 0 Å². The average Bonchev–Trinajstić information content (AvgIpc) is 3.39. The van der Waals surface area contributed by atoms with Crippen molar-refractivity contribution in [3.63, 3.8) is 0 Å². The van der Waals surface area contributed by atoms with Crippen LogP contribution in [0.4, 0.5) is 10.5 Å². The maximum absolute atomic E-state index is 12.1. The number of pyridine rings is 1. The highest BCUT2D eigenvalue weighted by Gasteiger charge is 2.26. The van der Waals surface area contributed by atoms with Crippen LogP contribution in [0.25, 0.3) is 16.9 Å². The van der Waals surface area contributed by atoms with Crippen LogP contribution in [0, 0.1) is 0 Å². The molecule has 0 radical (unpaired) electrons. The number of carbonyl (C=O) groups excluding carboxylic acids is 1. The third-order valence-electron chi connectivity index (χ3n) is 5.61. The first-order chi connectivity index (χ1) is 16.5. The van der Waals surface area contributed by atoms with Crippen molar-refractivity contribution in [3.05, 3.63) is 41.1 Å². The Morgan fingerprint density at radius 3 is 2.69 bits per heavy atom.